The summed E-state index contributed by atoms with van der Waals surface area (Å²) in [4.78, 5) is 15.8. The highest BCUT2D eigenvalue weighted by molar-refractivity contribution is 5.86. The second-order valence-electron chi connectivity index (χ2n) is 10.7. The highest BCUT2D eigenvalue weighted by Gasteiger charge is 2.16. The van der Waals surface area contributed by atoms with Gasteiger partial charge in [-0.2, -0.15) is 0 Å². The molecule has 5 nitrogen and oxygen atoms in total. The molecule has 1 atom stereocenters. The van der Waals surface area contributed by atoms with Crippen molar-refractivity contribution in [2.24, 2.45) is 4.99 Å². The zero-order chi connectivity index (χ0) is 28.0. The Kier molecular flexibility index (Phi) is 17.5. The van der Waals surface area contributed by atoms with Gasteiger partial charge >= 0.3 is 5.97 Å². The van der Waals surface area contributed by atoms with E-state index in [0.29, 0.717) is 24.3 Å². The van der Waals surface area contributed by atoms with Crippen LogP contribution in [-0.2, 0) is 11.2 Å². The number of aromatic hydroxyl groups is 1. The van der Waals surface area contributed by atoms with Crippen LogP contribution in [0.2, 0.25) is 0 Å². The number of carboxylic acid groups (broad SMARTS) is 1. The first kappa shape index (κ1) is 32.4. The van der Waals surface area contributed by atoms with E-state index in [-0.39, 0.29) is 5.75 Å². The number of ether oxygens (including phenoxy) is 1. The van der Waals surface area contributed by atoms with Crippen LogP contribution in [0.15, 0.2) is 53.5 Å². The minimum absolute atomic E-state index is 0.0343. The van der Waals surface area contributed by atoms with Crippen molar-refractivity contribution in [2.45, 2.75) is 122 Å². The van der Waals surface area contributed by atoms with E-state index in [4.69, 9.17) is 4.74 Å². The van der Waals surface area contributed by atoms with Crippen molar-refractivity contribution < 1.29 is 19.7 Å². The normalized spacial score (nSPS) is 12.1. The molecule has 2 N–H and O–H groups in total. The first-order valence-electron chi connectivity index (χ1n) is 15.4. The van der Waals surface area contributed by atoms with Crippen molar-refractivity contribution in [3.63, 3.8) is 0 Å². The molecule has 0 amide bonds. The van der Waals surface area contributed by atoms with Gasteiger partial charge in [-0.1, -0.05) is 134 Å². The molecule has 0 fully saturated rings. The van der Waals surface area contributed by atoms with E-state index >= 15 is 0 Å². The number of carbonyl (C=O) groups is 1. The second-order valence-corrected chi connectivity index (χ2v) is 10.7. The number of hydrogen-bond donors (Lipinski definition) is 2. The van der Waals surface area contributed by atoms with Crippen LogP contribution in [0.3, 0.4) is 0 Å². The van der Waals surface area contributed by atoms with Crippen LogP contribution in [-0.4, -0.2) is 35.0 Å². The fourth-order valence-corrected chi connectivity index (χ4v) is 4.77. The molecule has 5 heteroatoms. The number of nitrogens with zero attached hydrogens (tertiary/aromatic N) is 1. The lowest BCUT2D eigenvalue weighted by atomic mass is 10.0. The van der Waals surface area contributed by atoms with E-state index in [1.165, 1.54) is 96.1 Å². The Hall–Kier alpha value is -2.82. The van der Waals surface area contributed by atoms with Gasteiger partial charge in [0.2, 0.25) is 0 Å². The first-order valence-corrected chi connectivity index (χ1v) is 15.4. The SMILES string of the molecule is CCCCCCCCCCCCCCCCCCOc1ccc(C=N[C@@H](Cc2ccccc2)C(=O)O)c(O)c1. The summed E-state index contributed by atoms with van der Waals surface area (Å²) in [5.74, 6) is -0.342. The molecule has 0 saturated carbocycles. The zero-order valence-electron chi connectivity index (χ0n) is 24.2. The lowest BCUT2D eigenvalue weighted by Gasteiger charge is -2.09. The Morgan fingerprint density at radius 2 is 1.33 bits per heavy atom. The summed E-state index contributed by atoms with van der Waals surface area (Å²) in [5, 5.41) is 19.9. The van der Waals surface area contributed by atoms with E-state index < -0.39 is 12.0 Å². The van der Waals surface area contributed by atoms with Crippen molar-refractivity contribution >= 4 is 12.2 Å². The summed E-state index contributed by atoms with van der Waals surface area (Å²) in [6.45, 7) is 2.90. The fourth-order valence-electron chi connectivity index (χ4n) is 4.77. The molecule has 0 aliphatic rings. The molecule has 0 aromatic heterocycles. The largest absolute Gasteiger partial charge is 0.507 e. The summed E-state index contributed by atoms with van der Waals surface area (Å²) >= 11 is 0. The van der Waals surface area contributed by atoms with Crippen LogP contribution in [0.25, 0.3) is 0 Å². The van der Waals surface area contributed by atoms with Crippen LogP contribution in [0.5, 0.6) is 11.5 Å². The van der Waals surface area contributed by atoms with Crippen LogP contribution < -0.4 is 4.74 Å². The third-order valence-electron chi connectivity index (χ3n) is 7.22. The van der Waals surface area contributed by atoms with E-state index in [2.05, 4.69) is 11.9 Å². The summed E-state index contributed by atoms with van der Waals surface area (Å²) < 4.78 is 5.81. The standard InChI is InChI=1S/C34H51NO4/c1-2-3-4-5-6-7-8-9-10-11-12-13-14-15-16-20-25-39-31-24-23-30(33(36)27-31)28-35-32(34(37)38)26-29-21-18-17-19-22-29/h17-19,21-24,27-28,32,36H,2-16,20,25-26H2,1H3,(H,37,38)/t32-/m0/s1. The van der Waals surface area contributed by atoms with Gasteiger partial charge in [0.05, 0.1) is 6.61 Å². The average Bonchev–Trinajstić information content (AvgIpc) is 2.94. The predicted octanol–water partition coefficient (Wildman–Crippen LogP) is 9.15. The molecular weight excluding hydrogens is 486 g/mol. The minimum Gasteiger partial charge on any atom is -0.507 e. The molecule has 2 rings (SSSR count). The summed E-state index contributed by atoms with van der Waals surface area (Å²) in [7, 11) is 0. The van der Waals surface area contributed by atoms with Crippen LogP contribution in [0, 0.1) is 0 Å². The van der Waals surface area contributed by atoms with Crippen LogP contribution in [0.4, 0.5) is 0 Å². The van der Waals surface area contributed by atoms with E-state index in [9.17, 15) is 15.0 Å². The van der Waals surface area contributed by atoms with Crippen molar-refractivity contribution in [3.05, 3.63) is 59.7 Å². The number of benzene rings is 2. The molecule has 2 aromatic carbocycles. The lowest BCUT2D eigenvalue weighted by Crippen LogP contribution is -2.20. The van der Waals surface area contributed by atoms with Gasteiger partial charge in [-0.05, 0) is 24.1 Å². The zero-order valence-corrected chi connectivity index (χ0v) is 24.2. The number of rotatable bonds is 23. The molecule has 0 saturated heterocycles. The van der Waals surface area contributed by atoms with Gasteiger partial charge in [-0.25, -0.2) is 4.79 Å². The number of aliphatic carboxylic acids is 1. The van der Waals surface area contributed by atoms with Gasteiger partial charge in [0.25, 0.3) is 0 Å². The maximum Gasteiger partial charge on any atom is 0.328 e. The van der Waals surface area contributed by atoms with E-state index in [1.807, 2.05) is 30.3 Å². The van der Waals surface area contributed by atoms with Gasteiger partial charge in [-0.15, -0.1) is 0 Å². The third-order valence-corrected chi connectivity index (χ3v) is 7.22. The molecule has 0 heterocycles. The highest BCUT2D eigenvalue weighted by Crippen LogP contribution is 2.23. The summed E-state index contributed by atoms with van der Waals surface area (Å²) in [5.41, 5.74) is 1.38. The van der Waals surface area contributed by atoms with Gasteiger partial charge < -0.3 is 14.9 Å². The maximum atomic E-state index is 11.6. The molecule has 39 heavy (non-hydrogen) atoms. The lowest BCUT2D eigenvalue weighted by molar-refractivity contribution is -0.138. The predicted molar refractivity (Wildman–Crippen MR) is 162 cm³/mol. The van der Waals surface area contributed by atoms with Gasteiger partial charge in [0.1, 0.15) is 11.5 Å². The third kappa shape index (κ3) is 15.4. The molecule has 0 radical (unpaired) electrons. The Balaban J connectivity index is 1.52. The minimum atomic E-state index is -0.992. The molecule has 2 aromatic rings. The second kappa shape index (κ2) is 21.1. The maximum absolute atomic E-state index is 11.6. The first-order chi connectivity index (χ1) is 19.1. The molecule has 0 aliphatic carbocycles. The molecule has 0 spiro atoms. The number of aliphatic imine (C=N–C) groups is 1. The fraction of sp³-hybridized carbons (Fsp3) is 0.588. The topological polar surface area (TPSA) is 79.1 Å². The van der Waals surface area contributed by atoms with E-state index in [1.54, 1.807) is 18.2 Å². The van der Waals surface area contributed by atoms with E-state index in [0.717, 1.165) is 18.4 Å². The summed E-state index contributed by atoms with van der Waals surface area (Å²) in [6, 6.07) is 13.6. The molecular formula is C34H51NO4. The summed E-state index contributed by atoms with van der Waals surface area (Å²) in [6.07, 6.45) is 23.2. The van der Waals surface area contributed by atoms with Gasteiger partial charge in [0.15, 0.2) is 6.04 Å². The quantitative estimate of drug-likeness (QED) is 0.109. The molecule has 0 unspecified atom stereocenters. The Labute approximate surface area is 236 Å². The molecule has 0 aliphatic heterocycles. The number of phenolic OH excluding ortho intramolecular Hbond substituents is 1. The van der Waals surface area contributed by atoms with Crippen molar-refractivity contribution in [2.75, 3.05) is 6.61 Å². The Morgan fingerprint density at radius 3 is 1.85 bits per heavy atom. The Morgan fingerprint density at radius 1 is 0.795 bits per heavy atom. The smallest absolute Gasteiger partial charge is 0.328 e. The molecule has 0 bridgehead atoms. The number of unbranched alkanes of at least 4 members (excludes halogenated alkanes) is 15. The van der Waals surface area contributed by atoms with Crippen molar-refractivity contribution in [1.82, 2.24) is 0 Å². The number of carboxylic acids is 1. The van der Waals surface area contributed by atoms with Crippen molar-refractivity contribution in [3.8, 4) is 11.5 Å². The van der Waals surface area contributed by atoms with Crippen molar-refractivity contribution in [1.29, 1.82) is 0 Å². The monoisotopic (exact) mass is 537 g/mol. The average molecular weight is 538 g/mol. The number of hydrogen-bond acceptors (Lipinski definition) is 4. The Bertz CT molecular complexity index is 928. The van der Waals surface area contributed by atoms with Crippen LogP contribution >= 0.6 is 0 Å². The molecule has 216 valence electrons. The van der Waals surface area contributed by atoms with Crippen LogP contribution in [0.1, 0.15) is 121 Å². The van der Waals surface area contributed by atoms with Gasteiger partial charge in [-0.3, -0.25) is 4.99 Å². The number of phenols is 1. The van der Waals surface area contributed by atoms with Gasteiger partial charge in [0, 0.05) is 24.3 Å². The highest BCUT2D eigenvalue weighted by atomic mass is 16.5.